The summed E-state index contributed by atoms with van der Waals surface area (Å²) in [6, 6.07) is 6.03. The summed E-state index contributed by atoms with van der Waals surface area (Å²) in [6.45, 7) is -0.242. The van der Waals surface area contributed by atoms with Gasteiger partial charge in [-0.25, -0.2) is 0 Å². The molecule has 0 saturated heterocycles. The average molecular weight is 449 g/mol. The number of Topliss-reactive ketones (excluding diaryl/α,β-unsaturated/α-hetero) is 1. The second kappa shape index (κ2) is 8.52. The van der Waals surface area contributed by atoms with Crippen LogP contribution in [0.2, 0.25) is 0 Å². The third-order valence-corrected chi connectivity index (χ3v) is 5.00. The van der Waals surface area contributed by atoms with Crippen LogP contribution in [0.15, 0.2) is 36.5 Å². The van der Waals surface area contributed by atoms with Crippen molar-refractivity contribution in [3.63, 3.8) is 0 Å². The smallest absolute Gasteiger partial charge is 0.411 e. The van der Waals surface area contributed by atoms with E-state index in [0.717, 1.165) is 25.0 Å². The number of nitrogens with two attached hydrogens (primary N) is 1. The summed E-state index contributed by atoms with van der Waals surface area (Å²) in [5.74, 6) is -0.739. The van der Waals surface area contributed by atoms with Gasteiger partial charge >= 0.3 is 12.4 Å². The van der Waals surface area contributed by atoms with Gasteiger partial charge < -0.3 is 10.5 Å². The van der Waals surface area contributed by atoms with E-state index in [1.54, 1.807) is 10.9 Å². The highest BCUT2D eigenvalue weighted by molar-refractivity contribution is 5.95. The summed E-state index contributed by atoms with van der Waals surface area (Å²) in [7, 11) is 0. The van der Waals surface area contributed by atoms with Crippen LogP contribution < -0.4 is 10.5 Å². The van der Waals surface area contributed by atoms with Gasteiger partial charge in [0.25, 0.3) is 0 Å². The summed E-state index contributed by atoms with van der Waals surface area (Å²) in [5, 5.41) is 4.05. The molecule has 1 saturated carbocycles. The van der Waals surface area contributed by atoms with E-state index in [-0.39, 0.29) is 36.1 Å². The molecule has 0 unspecified atom stereocenters. The Balaban J connectivity index is 1.69. The van der Waals surface area contributed by atoms with Crippen LogP contribution in [0.4, 0.5) is 26.3 Å². The number of alkyl halides is 6. The molecule has 0 bridgehead atoms. The Morgan fingerprint density at radius 2 is 1.74 bits per heavy atom. The first-order chi connectivity index (χ1) is 14.4. The molecule has 11 heteroatoms. The Hall–Kier alpha value is -2.56. The van der Waals surface area contributed by atoms with Crippen LogP contribution >= 0.6 is 0 Å². The highest BCUT2D eigenvalue weighted by Gasteiger charge is 2.54. The molecule has 1 aromatic heterocycles. The lowest BCUT2D eigenvalue weighted by atomic mass is 9.84. The maximum absolute atomic E-state index is 13.8. The van der Waals surface area contributed by atoms with Gasteiger partial charge in [-0.3, -0.25) is 9.48 Å². The van der Waals surface area contributed by atoms with Crippen LogP contribution in [0.3, 0.4) is 0 Å². The first kappa shape index (κ1) is 23.1. The first-order valence-electron chi connectivity index (χ1n) is 9.63. The predicted octanol–water partition coefficient (Wildman–Crippen LogP) is 4.93. The number of aromatic nitrogens is 2. The van der Waals surface area contributed by atoms with E-state index < -0.39 is 36.5 Å². The lowest BCUT2D eigenvalue weighted by Crippen LogP contribution is -2.51. The van der Waals surface area contributed by atoms with Crippen molar-refractivity contribution in [3.05, 3.63) is 47.8 Å². The monoisotopic (exact) mass is 449 g/mol. The maximum atomic E-state index is 13.8. The fourth-order valence-electron chi connectivity index (χ4n) is 3.05. The van der Waals surface area contributed by atoms with Crippen molar-refractivity contribution in [2.24, 2.45) is 5.73 Å². The number of benzene rings is 1. The van der Waals surface area contributed by atoms with E-state index in [1.165, 1.54) is 18.2 Å². The van der Waals surface area contributed by atoms with E-state index in [9.17, 15) is 31.1 Å². The summed E-state index contributed by atoms with van der Waals surface area (Å²) in [4.78, 5) is 12.5. The van der Waals surface area contributed by atoms with Gasteiger partial charge in [0.15, 0.2) is 5.78 Å². The third kappa shape index (κ3) is 5.78. The standard InChI is InChI=1S/C20H21F6N3O2/c21-19(22,23)9-1-11-31-15-6-2-13(3-7-15)18(27,20(24,25)26)12-17(30)16-8-10-29(28-16)14-4-5-14/h2-3,6-8,10,14H,1,4-5,9,11-12,27H2/t18-/m0/s1. The molecule has 3 rings (SSSR count). The lowest BCUT2D eigenvalue weighted by molar-refractivity contribution is -0.188. The fraction of sp³-hybridized carbons (Fsp3) is 0.500. The van der Waals surface area contributed by atoms with E-state index >= 15 is 0 Å². The summed E-state index contributed by atoms with van der Waals surface area (Å²) >= 11 is 0. The average Bonchev–Trinajstić information content (AvgIpc) is 3.40. The number of halogens is 6. The van der Waals surface area contributed by atoms with Crippen molar-refractivity contribution in [3.8, 4) is 5.75 Å². The van der Waals surface area contributed by atoms with Crippen molar-refractivity contribution in [1.82, 2.24) is 9.78 Å². The quantitative estimate of drug-likeness (QED) is 0.335. The predicted molar refractivity (Wildman–Crippen MR) is 98.6 cm³/mol. The Morgan fingerprint density at radius 1 is 1.10 bits per heavy atom. The Morgan fingerprint density at radius 3 is 2.29 bits per heavy atom. The van der Waals surface area contributed by atoms with Gasteiger partial charge in [-0.05, 0) is 43.0 Å². The third-order valence-electron chi connectivity index (χ3n) is 5.00. The van der Waals surface area contributed by atoms with Gasteiger partial charge in [-0.2, -0.15) is 31.4 Å². The maximum Gasteiger partial charge on any atom is 0.411 e. The molecule has 0 aliphatic heterocycles. The van der Waals surface area contributed by atoms with Crippen molar-refractivity contribution in [1.29, 1.82) is 0 Å². The zero-order valence-corrected chi connectivity index (χ0v) is 16.3. The normalized spacial score (nSPS) is 16.7. The van der Waals surface area contributed by atoms with Gasteiger partial charge in [-0.15, -0.1) is 0 Å². The van der Waals surface area contributed by atoms with Gasteiger partial charge in [0.1, 0.15) is 17.0 Å². The van der Waals surface area contributed by atoms with Crippen molar-refractivity contribution in [2.45, 2.75) is 56.0 Å². The molecule has 170 valence electrons. The molecule has 1 aliphatic rings. The van der Waals surface area contributed by atoms with Gasteiger partial charge in [0.2, 0.25) is 0 Å². The van der Waals surface area contributed by atoms with Crippen LogP contribution in [0.5, 0.6) is 5.75 Å². The molecule has 2 aromatic rings. The molecule has 0 spiro atoms. The Kier molecular flexibility index (Phi) is 6.35. The molecular formula is C20H21F6N3O2. The van der Waals surface area contributed by atoms with Crippen LogP contribution in [0.1, 0.15) is 54.2 Å². The lowest BCUT2D eigenvalue weighted by Gasteiger charge is -2.31. The minimum Gasteiger partial charge on any atom is -0.494 e. The number of hydrogen-bond donors (Lipinski definition) is 1. The van der Waals surface area contributed by atoms with Crippen LogP contribution in [-0.2, 0) is 5.54 Å². The highest BCUT2D eigenvalue weighted by atomic mass is 19.4. The molecule has 1 aliphatic carbocycles. The van der Waals surface area contributed by atoms with E-state index in [4.69, 9.17) is 10.5 Å². The summed E-state index contributed by atoms with van der Waals surface area (Å²) < 4.78 is 84.6. The topological polar surface area (TPSA) is 70.1 Å². The number of ether oxygens (including phenoxy) is 1. The van der Waals surface area contributed by atoms with Crippen molar-refractivity contribution in [2.75, 3.05) is 6.61 Å². The zero-order chi connectivity index (χ0) is 22.9. The van der Waals surface area contributed by atoms with Gasteiger partial charge in [-0.1, -0.05) is 12.1 Å². The van der Waals surface area contributed by atoms with E-state index in [1.807, 2.05) is 0 Å². The second-order valence-electron chi connectivity index (χ2n) is 7.57. The minimum atomic E-state index is -4.93. The molecule has 31 heavy (non-hydrogen) atoms. The van der Waals surface area contributed by atoms with E-state index in [2.05, 4.69) is 5.10 Å². The van der Waals surface area contributed by atoms with Crippen LogP contribution in [0, 0.1) is 0 Å². The second-order valence-corrected chi connectivity index (χ2v) is 7.57. The molecule has 2 N–H and O–H groups in total. The van der Waals surface area contributed by atoms with Crippen molar-refractivity contribution < 1.29 is 35.9 Å². The molecule has 0 radical (unpaired) electrons. The Labute approximate surface area is 174 Å². The number of nitrogens with zero attached hydrogens (tertiary/aromatic N) is 2. The van der Waals surface area contributed by atoms with Crippen LogP contribution in [0.25, 0.3) is 0 Å². The molecule has 1 fully saturated rings. The number of hydrogen-bond acceptors (Lipinski definition) is 4. The molecule has 1 atom stereocenters. The summed E-state index contributed by atoms with van der Waals surface area (Å²) in [6.07, 6.45) is -8.21. The van der Waals surface area contributed by atoms with E-state index in [0.29, 0.717) is 0 Å². The molecule has 1 heterocycles. The van der Waals surface area contributed by atoms with Gasteiger partial charge in [0, 0.05) is 19.0 Å². The minimum absolute atomic E-state index is 0.0874. The number of carbonyl (C=O) groups excluding carboxylic acids is 1. The molecule has 1 aromatic carbocycles. The number of rotatable bonds is 9. The number of carbonyl (C=O) groups is 1. The SMILES string of the molecule is N[C@@](CC(=O)c1ccn(C2CC2)n1)(c1ccc(OCCCC(F)(F)F)cc1)C(F)(F)F. The molecule has 0 amide bonds. The first-order valence-corrected chi connectivity index (χ1v) is 9.63. The largest absolute Gasteiger partial charge is 0.494 e. The molecule has 5 nitrogen and oxygen atoms in total. The fourth-order valence-corrected chi connectivity index (χ4v) is 3.05. The van der Waals surface area contributed by atoms with Gasteiger partial charge in [0.05, 0.1) is 12.6 Å². The number of ketones is 1. The summed E-state index contributed by atoms with van der Waals surface area (Å²) in [5.41, 5.74) is 2.28. The highest BCUT2D eigenvalue weighted by Crippen LogP contribution is 2.41. The van der Waals surface area contributed by atoms with Crippen molar-refractivity contribution >= 4 is 5.78 Å². The van der Waals surface area contributed by atoms with Crippen LogP contribution in [-0.4, -0.2) is 34.5 Å². The molecular weight excluding hydrogens is 428 g/mol. The zero-order valence-electron chi connectivity index (χ0n) is 16.3. The Bertz CT molecular complexity index is 903.